The second-order valence-corrected chi connectivity index (χ2v) is 5.44. The quantitative estimate of drug-likeness (QED) is 0.672. The number of nitrogens with zero attached hydrogens (tertiary/aromatic N) is 4. The minimum Gasteiger partial charge on any atom is -0.454 e. The van der Waals surface area contributed by atoms with Crippen LogP contribution in [0.4, 0.5) is 0 Å². The molecule has 0 atom stereocenters. The van der Waals surface area contributed by atoms with Crippen LogP contribution in [-0.2, 0) is 13.1 Å². The molecule has 0 fully saturated rings. The molecule has 0 saturated carbocycles. The topological polar surface area (TPSA) is 77.9 Å². The molecule has 1 N–H and O–H groups in total. The van der Waals surface area contributed by atoms with Gasteiger partial charge in [0.15, 0.2) is 5.76 Å². The molecule has 3 heterocycles. The van der Waals surface area contributed by atoms with Gasteiger partial charge < -0.3 is 9.73 Å². The summed E-state index contributed by atoms with van der Waals surface area (Å²) in [7, 11) is 0. The summed E-state index contributed by atoms with van der Waals surface area (Å²) in [5, 5.41) is 11.6. The molecule has 3 rings (SSSR count). The lowest BCUT2D eigenvalue weighted by molar-refractivity contribution is 0.0923. The molecule has 1 amide bonds. The summed E-state index contributed by atoms with van der Waals surface area (Å²) >= 11 is 5.79. The van der Waals surface area contributed by atoms with Gasteiger partial charge in [-0.3, -0.25) is 14.2 Å². The van der Waals surface area contributed by atoms with Crippen molar-refractivity contribution in [1.82, 2.24) is 24.9 Å². The standard InChI is InChI=1S/C15H16ClN5O2/c16-12-9-19-20(10-12)7-1-5-17-15(22)14-4-3-13(23-14)11-21-8-2-6-18-21/h2-4,6,8-10H,1,5,7,11H2,(H,17,22). The number of furan rings is 1. The number of carbonyl (C=O) groups is 1. The van der Waals surface area contributed by atoms with Crippen molar-refractivity contribution in [2.75, 3.05) is 6.54 Å². The van der Waals surface area contributed by atoms with Gasteiger partial charge in [-0.2, -0.15) is 10.2 Å². The van der Waals surface area contributed by atoms with Crippen molar-refractivity contribution < 1.29 is 9.21 Å². The molecule has 7 nitrogen and oxygen atoms in total. The van der Waals surface area contributed by atoms with Gasteiger partial charge in [-0.15, -0.1) is 0 Å². The van der Waals surface area contributed by atoms with E-state index in [9.17, 15) is 4.79 Å². The largest absolute Gasteiger partial charge is 0.454 e. The fraction of sp³-hybridized carbons (Fsp3) is 0.267. The molecular formula is C15H16ClN5O2. The molecule has 0 aliphatic heterocycles. The first-order chi connectivity index (χ1) is 11.2. The zero-order valence-electron chi connectivity index (χ0n) is 12.4. The maximum Gasteiger partial charge on any atom is 0.286 e. The van der Waals surface area contributed by atoms with Gasteiger partial charge in [0.25, 0.3) is 5.91 Å². The predicted molar refractivity (Wildman–Crippen MR) is 84.2 cm³/mol. The van der Waals surface area contributed by atoms with Crippen molar-refractivity contribution in [2.24, 2.45) is 0 Å². The summed E-state index contributed by atoms with van der Waals surface area (Å²) < 4.78 is 9.00. The fourth-order valence-electron chi connectivity index (χ4n) is 2.13. The van der Waals surface area contributed by atoms with Crippen molar-refractivity contribution >= 4 is 17.5 Å². The molecule has 0 bridgehead atoms. The summed E-state index contributed by atoms with van der Waals surface area (Å²) in [5.74, 6) is 0.759. The molecule has 0 aliphatic carbocycles. The highest BCUT2D eigenvalue weighted by Gasteiger charge is 2.11. The Morgan fingerprint density at radius 3 is 2.96 bits per heavy atom. The van der Waals surface area contributed by atoms with Crippen molar-refractivity contribution in [3.63, 3.8) is 0 Å². The van der Waals surface area contributed by atoms with Gasteiger partial charge in [0, 0.05) is 31.7 Å². The van der Waals surface area contributed by atoms with Crippen molar-refractivity contribution in [1.29, 1.82) is 0 Å². The zero-order chi connectivity index (χ0) is 16.1. The van der Waals surface area contributed by atoms with Crippen LogP contribution in [0.2, 0.25) is 5.02 Å². The average Bonchev–Trinajstić information content (AvgIpc) is 3.26. The number of carbonyl (C=O) groups excluding carboxylic acids is 1. The first-order valence-electron chi connectivity index (χ1n) is 7.23. The maximum atomic E-state index is 12.0. The molecule has 0 unspecified atom stereocenters. The van der Waals surface area contributed by atoms with Gasteiger partial charge in [0.1, 0.15) is 5.76 Å². The minimum atomic E-state index is -0.227. The highest BCUT2D eigenvalue weighted by atomic mass is 35.5. The Kier molecular flexibility index (Phi) is 4.77. The Hall–Kier alpha value is -2.54. The monoisotopic (exact) mass is 333 g/mol. The Labute approximate surface area is 137 Å². The van der Waals surface area contributed by atoms with E-state index < -0.39 is 0 Å². The average molecular weight is 334 g/mol. The van der Waals surface area contributed by atoms with Gasteiger partial charge in [0.05, 0.1) is 17.8 Å². The van der Waals surface area contributed by atoms with Crippen molar-refractivity contribution in [3.05, 3.63) is 59.5 Å². The molecule has 3 aromatic heterocycles. The fourth-order valence-corrected chi connectivity index (χ4v) is 2.29. The second kappa shape index (κ2) is 7.15. The van der Waals surface area contributed by atoms with Crippen molar-refractivity contribution in [2.45, 2.75) is 19.5 Å². The lowest BCUT2D eigenvalue weighted by atomic mass is 10.3. The SMILES string of the molecule is O=C(NCCCn1cc(Cl)cn1)c1ccc(Cn2cccn2)o1. The zero-order valence-corrected chi connectivity index (χ0v) is 13.1. The van der Waals surface area contributed by atoms with E-state index >= 15 is 0 Å². The van der Waals surface area contributed by atoms with Gasteiger partial charge in [-0.05, 0) is 24.6 Å². The number of aromatic nitrogens is 4. The Morgan fingerprint density at radius 1 is 1.30 bits per heavy atom. The summed E-state index contributed by atoms with van der Waals surface area (Å²) in [5.41, 5.74) is 0. The Balaban J connectivity index is 1.44. The van der Waals surface area contributed by atoms with Gasteiger partial charge >= 0.3 is 0 Å². The third-order valence-corrected chi connectivity index (χ3v) is 3.41. The molecule has 0 aliphatic rings. The molecule has 120 valence electrons. The third-order valence-electron chi connectivity index (χ3n) is 3.21. The van der Waals surface area contributed by atoms with Gasteiger partial charge in [0.2, 0.25) is 0 Å². The predicted octanol–water partition coefficient (Wildman–Crippen LogP) is 2.19. The van der Waals surface area contributed by atoms with Crippen molar-refractivity contribution in [3.8, 4) is 0 Å². The van der Waals surface area contributed by atoms with E-state index in [1.54, 1.807) is 40.1 Å². The van der Waals surface area contributed by atoms with E-state index in [1.807, 2.05) is 12.3 Å². The molecule has 3 aromatic rings. The van der Waals surface area contributed by atoms with Crippen LogP contribution in [0.25, 0.3) is 0 Å². The summed E-state index contributed by atoms with van der Waals surface area (Å²) in [6.07, 6.45) is 7.62. The van der Waals surface area contributed by atoms with E-state index in [2.05, 4.69) is 15.5 Å². The molecule has 0 radical (unpaired) electrons. The molecule has 8 heteroatoms. The number of halogens is 1. The minimum absolute atomic E-state index is 0.227. The van der Waals surface area contributed by atoms with Crippen LogP contribution in [0.1, 0.15) is 22.7 Å². The number of rotatable bonds is 7. The molecular weight excluding hydrogens is 318 g/mol. The van der Waals surface area contributed by atoms with E-state index in [4.69, 9.17) is 16.0 Å². The number of hydrogen-bond donors (Lipinski definition) is 1. The van der Waals surface area contributed by atoms with Crippen LogP contribution >= 0.6 is 11.6 Å². The highest BCUT2D eigenvalue weighted by Crippen LogP contribution is 2.09. The molecule has 0 spiro atoms. The van der Waals surface area contributed by atoms with E-state index in [0.717, 1.165) is 6.42 Å². The lowest BCUT2D eigenvalue weighted by Crippen LogP contribution is -2.24. The molecule has 23 heavy (non-hydrogen) atoms. The summed E-state index contributed by atoms with van der Waals surface area (Å²) in [6, 6.07) is 5.28. The smallest absolute Gasteiger partial charge is 0.286 e. The maximum absolute atomic E-state index is 12.0. The number of aryl methyl sites for hydroxylation is 1. The summed E-state index contributed by atoms with van der Waals surface area (Å²) in [4.78, 5) is 12.0. The summed E-state index contributed by atoms with van der Waals surface area (Å²) in [6.45, 7) is 1.72. The number of amides is 1. The first kappa shape index (κ1) is 15.4. The lowest BCUT2D eigenvalue weighted by Gasteiger charge is -2.03. The van der Waals surface area contributed by atoms with Crippen LogP contribution in [0.15, 0.2) is 47.4 Å². The third kappa shape index (κ3) is 4.23. The second-order valence-electron chi connectivity index (χ2n) is 5.00. The molecule has 0 aromatic carbocycles. The van der Waals surface area contributed by atoms with E-state index in [0.29, 0.717) is 36.2 Å². The Morgan fingerprint density at radius 2 is 2.22 bits per heavy atom. The van der Waals surface area contributed by atoms with E-state index in [1.165, 1.54) is 0 Å². The normalized spacial score (nSPS) is 10.8. The van der Waals surface area contributed by atoms with Crippen LogP contribution in [0.3, 0.4) is 0 Å². The van der Waals surface area contributed by atoms with Crippen LogP contribution in [0.5, 0.6) is 0 Å². The van der Waals surface area contributed by atoms with Gasteiger partial charge in [-0.25, -0.2) is 0 Å². The van der Waals surface area contributed by atoms with Crippen LogP contribution < -0.4 is 5.32 Å². The van der Waals surface area contributed by atoms with E-state index in [-0.39, 0.29) is 5.91 Å². The van der Waals surface area contributed by atoms with Gasteiger partial charge in [-0.1, -0.05) is 11.6 Å². The first-order valence-corrected chi connectivity index (χ1v) is 7.61. The molecule has 0 saturated heterocycles. The number of hydrogen-bond acceptors (Lipinski definition) is 4. The Bertz CT molecular complexity index is 763. The highest BCUT2D eigenvalue weighted by molar-refractivity contribution is 6.30. The van der Waals surface area contributed by atoms with Crippen LogP contribution in [0, 0.1) is 0 Å². The number of nitrogens with one attached hydrogen (secondary N) is 1. The van der Waals surface area contributed by atoms with Crippen LogP contribution in [-0.4, -0.2) is 32.0 Å².